The number of rotatable bonds is 7. The van der Waals surface area contributed by atoms with Gasteiger partial charge in [0.2, 0.25) is 0 Å². The quantitative estimate of drug-likeness (QED) is 0.739. The highest BCUT2D eigenvalue weighted by Gasteiger charge is 2.20. The van der Waals surface area contributed by atoms with Crippen LogP contribution in [0.2, 0.25) is 0 Å². The minimum absolute atomic E-state index is 0.586. The first-order chi connectivity index (χ1) is 8.83. The van der Waals surface area contributed by atoms with Crippen molar-refractivity contribution < 1.29 is 0 Å². The standard InChI is InChI=1S/C14H20N4/c1-3-7-18(8-4-2)14-11-16-13(10-17-14)9-15-12-5-6-12/h1,10-12,15H,4-9H2,2H3. The Balaban J connectivity index is 1.93. The summed E-state index contributed by atoms with van der Waals surface area (Å²) in [4.78, 5) is 10.9. The predicted molar refractivity (Wildman–Crippen MR) is 73.2 cm³/mol. The van der Waals surface area contributed by atoms with Gasteiger partial charge in [-0.05, 0) is 19.3 Å². The molecule has 1 heterocycles. The summed E-state index contributed by atoms with van der Waals surface area (Å²) in [7, 11) is 0. The maximum absolute atomic E-state index is 5.37. The van der Waals surface area contributed by atoms with E-state index in [0.717, 1.165) is 31.0 Å². The first-order valence-electron chi connectivity index (χ1n) is 6.56. The molecule has 0 aromatic carbocycles. The number of anilines is 1. The second-order valence-electron chi connectivity index (χ2n) is 4.65. The fourth-order valence-corrected chi connectivity index (χ4v) is 1.79. The maximum atomic E-state index is 5.37. The third-order valence-electron chi connectivity index (χ3n) is 2.94. The monoisotopic (exact) mass is 244 g/mol. The summed E-state index contributed by atoms with van der Waals surface area (Å²) in [5.74, 6) is 3.53. The minimum atomic E-state index is 0.586. The van der Waals surface area contributed by atoms with E-state index in [4.69, 9.17) is 6.42 Å². The van der Waals surface area contributed by atoms with Crippen molar-refractivity contribution in [3.05, 3.63) is 18.1 Å². The van der Waals surface area contributed by atoms with Gasteiger partial charge >= 0.3 is 0 Å². The Bertz CT molecular complexity index is 403. The number of terminal acetylenes is 1. The molecule has 0 spiro atoms. The lowest BCUT2D eigenvalue weighted by Gasteiger charge is -2.20. The van der Waals surface area contributed by atoms with Crippen LogP contribution in [0.5, 0.6) is 0 Å². The van der Waals surface area contributed by atoms with Crippen LogP contribution in [-0.2, 0) is 6.54 Å². The number of aromatic nitrogens is 2. The van der Waals surface area contributed by atoms with E-state index in [-0.39, 0.29) is 0 Å². The van der Waals surface area contributed by atoms with Crippen molar-refractivity contribution in [3.8, 4) is 12.3 Å². The van der Waals surface area contributed by atoms with E-state index in [9.17, 15) is 0 Å². The zero-order chi connectivity index (χ0) is 12.8. The number of nitrogens with one attached hydrogen (secondary N) is 1. The zero-order valence-electron chi connectivity index (χ0n) is 10.9. The van der Waals surface area contributed by atoms with Crippen molar-refractivity contribution in [2.24, 2.45) is 0 Å². The number of hydrogen-bond acceptors (Lipinski definition) is 4. The molecular weight excluding hydrogens is 224 g/mol. The van der Waals surface area contributed by atoms with Gasteiger partial charge < -0.3 is 10.2 Å². The molecule has 96 valence electrons. The third-order valence-corrected chi connectivity index (χ3v) is 2.94. The molecule has 1 aromatic heterocycles. The average Bonchev–Trinajstić information content (AvgIpc) is 3.21. The molecule has 2 rings (SSSR count). The highest BCUT2D eigenvalue weighted by atomic mass is 15.2. The van der Waals surface area contributed by atoms with Gasteiger partial charge in [-0.25, -0.2) is 4.98 Å². The van der Waals surface area contributed by atoms with Gasteiger partial charge in [-0.1, -0.05) is 12.8 Å². The van der Waals surface area contributed by atoms with E-state index in [2.05, 4.69) is 33.0 Å². The Labute approximate surface area is 109 Å². The van der Waals surface area contributed by atoms with Gasteiger partial charge in [0, 0.05) is 19.1 Å². The smallest absolute Gasteiger partial charge is 0.147 e. The fraction of sp³-hybridized carbons (Fsp3) is 0.571. The zero-order valence-corrected chi connectivity index (χ0v) is 10.9. The predicted octanol–water partition coefficient (Wildman–Crippen LogP) is 1.58. The van der Waals surface area contributed by atoms with E-state index in [1.54, 1.807) is 0 Å². The molecule has 4 nitrogen and oxygen atoms in total. The van der Waals surface area contributed by atoms with Crippen LogP contribution in [-0.4, -0.2) is 29.1 Å². The second-order valence-corrected chi connectivity index (χ2v) is 4.65. The molecular formula is C14H20N4. The van der Waals surface area contributed by atoms with Crippen LogP contribution in [0.4, 0.5) is 5.82 Å². The van der Waals surface area contributed by atoms with E-state index in [1.165, 1.54) is 12.8 Å². The lowest BCUT2D eigenvalue weighted by Crippen LogP contribution is -2.25. The topological polar surface area (TPSA) is 41.1 Å². The van der Waals surface area contributed by atoms with Crippen molar-refractivity contribution in [3.63, 3.8) is 0 Å². The van der Waals surface area contributed by atoms with Gasteiger partial charge in [-0.3, -0.25) is 4.98 Å². The molecule has 0 saturated heterocycles. The molecule has 0 bridgehead atoms. The SMILES string of the molecule is C#CCN(CCC)c1cnc(CNC2CC2)cn1. The average molecular weight is 244 g/mol. The molecule has 1 aliphatic carbocycles. The van der Waals surface area contributed by atoms with Crippen molar-refractivity contribution in [1.29, 1.82) is 0 Å². The van der Waals surface area contributed by atoms with Crippen LogP contribution in [0.3, 0.4) is 0 Å². The molecule has 1 aliphatic rings. The van der Waals surface area contributed by atoms with Gasteiger partial charge in [0.15, 0.2) is 0 Å². The van der Waals surface area contributed by atoms with Crippen LogP contribution >= 0.6 is 0 Å². The minimum Gasteiger partial charge on any atom is -0.344 e. The van der Waals surface area contributed by atoms with Crippen molar-refractivity contribution in [2.75, 3.05) is 18.0 Å². The van der Waals surface area contributed by atoms with Gasteiger partial charge in [0.25, 0.3) is 0 Å². The molecule has 4 heteroatoms. The first kappa shape index (κ1) is 12.8. The van der Waals surface area contributed by atoms with Crippen molar-refractivity contribution >= 4 is 5.82 Å². The fourth-order valence-electron chi connectivity index (χ4n) is 1.79. The molecule has 1 aromatic rings. The molecule has 1 fully saturated rings. The molecule has 0 aliphatic heterocycles. The highest BCUT2D eigenvalue weighted by molar-refractivity contribution is 5.37. The van der Waals surface area contributed by atoms with Gasteiger partial charge in [-0.15, -0.1) is 6.42 Å². The normalized spacial score (nSPS) is 14.2. The lowest BCUT2D eigenvalue weighted by atomic mass is 10.4. The Morgan fingerprint density at radius 3 is 2.83 bits per heavy atom. The molecule has 0 atom stereocenters. The van der Waals surface area contributed by atoms with Crippen LogP contribution in [0.1, 0.15) is 31.9 Å². The molecule has 1 saturated carbocycles. The van der Waals surface area contributed by atoms with Crippen LogP contribution in [0, 0.1) is 12.3 Å². The van der Waals surface area contributed by atoms with Crippen LogP contribution in [0.25, 0.3) is 0 Å². The lowest BCUT2D eigenvalue weighted by molar-refractivity contribution is 0.670. The third kappa shape index (κ3) is 3.71. The molecule has 0 unspecified atom stereocenters. The Hall–Kier alpha value is -1.60. The molecule has 0 radical (unpaired) electrons. The number of nitrogens with zero attached hydrogens (tertiary/aromatic N) is 3. The Morgan fingerprint density at radius 1 is 1.44 bits per heavy atom. The van der Waals surface area contributed by atoms with Crippen LogP contribution in [0.15, 0.2) is 12.4 Å². The summed E-state index contributed by atoms with van der Waals surface area (Å²) in [6.07, 6.45) is 12.6. The van der Waals surface area contributed by atoms with E-state index in [0.29, 0.717) is 12.6 Å². The summed E-state index contributed by atoms with van der Waals surface area (Å²) in [5, 5.41) is 3.42. The van der Waals surface area contributed by atoms with E-state index >= 15 is 0 Å². The summed E-state index contributed by atoms with van der Waals surface area (Å²) < 4.78 is 0. The summed E-state index contributed by atoms with van der Waals surface area (Å²) >= 11 is 0. The summed E-state index contributed by atoms with van der Waals surface area (Å²) in [6, 6.07) is 0.699. The van der Waals surface area contributed by atoms with Gasteiger partial charge in [-0.2, -0.15) is 0 Å². The summed E-state index contributed by atoms with van der Waals surface area (Å²) in [6.45, 7) is 4.44. The first-order valence-corrected chi connectivity index (χ1v) is 6.56. The maximum Gasteiger partial charge on any atom is 0.147 e. The van der Waals surface area contributed by atoms with Crippen molar-refractivity contribution in [2.45, 2.75) is 38.8 Å². The van der Waals surface area contributed by atoms with E-state index in [1.807, 2.05) is 12.4 Å². The van der Waals surface area contributed by atoms with Crippen molar-refractivity contribution in [1.82, 2.24) is 15.3 Å². The molecule has 0 amide bonds. The van der Waals surface area contributed by atoms with E-state index < -0.39 is 0 Å². The Kier molecular flexibility index (Phi) is 4.54. The van der Waals surface area contributed by atoms with Gasteiger partial charge in [0.1, 0.15) is 5.82 Å². The molecule has 1 N–H and O–H groups in total. The number of hydrogen-bond donors (Lipinski definition) is 1. The highest BCUT2D eigenvalue weighted by Crippen LogP contribution is 2.19. The largest absolute Gasteiger partial charge is 0.344 e. The van der Waals surface area contributed by atoms with Crippen LogP contribution < -0.4 is 10.2 Å². The Morgan fingerprint density at radius 2 is 2.28 bits per heavy atom. The second kappa shape index (κ2) is 6.36. The summed E-state index contributed by atoms with van der Waals surface area (Å²) in [5.41, 5.74) is 0.989. The van der Waals surface area contributed by atoms with Gasteiger partial charge in [0.05, 0.1) is 24.6 Å². The molecule has 18 heavy (non-hydrogen) atoms.